The fourth-order valence-electron chi connectivity index (χ4n) is 2.07. The molecule has 1 saturated carbocycles. The first-order valence-electron chi connectivity index (χ1n) is 5.34. The minimum absolute atomic E-state index is 0.588. The smallest absolute Gasteiger partial charge is 0.0342 e. The van der Waals surface area contributed by atoms with Crippen LogP contribution in [0.3, 0.4) is 0 Å². The second-order valence-corrected chi connectivity index (χ2v) is 4.76. The zero-order valence-corrected chi connectivity index (χ0v) is 9.21. The Morgan fingerprint density at radius 1 is 1.14 bits per heavy atom. The number of benzene rings is 1. The van der Waals surface area contributed by atoms with Crippen molar-refractivity contribution in [2.75, 3.05) is 5.32 Å². The molecule has 0 unspecified atom stereocenters. The van der Waals surface area contributed by atoms with Gasteiger partial charge in [-0.05, 0) is 31.4 Å². The molecule has 0 radical (unpaired) electrons. The van der Waals surface area contributed by atoms with E-state index in [1.54, 1.807) is 0 Å². The van der Waals surface area contributed by atoms with Gasteiger partial charge >= 0.3 is 0 Å². The molecular formula is C12H17NS. The molecule has 0 heterocycles. The lowest BCUT2D eigenvalue weighted by Crippen LogP contribution is -2.27. The quantitative estimate of drug-likeness (QED) is 0.709. The molecule has 76 valence electrons. The van der Waals surface area contributed by atoms with E-state index < -0.39 is 0 Å². The standard InChI is InChI=1S/C12H17NS/c14-12-8-4-7-11(9-12)13-10-5-2-1-3-6-10/h1-3,5-6,11-14H,4,7-9H2/t11-,12+/m1/s1. The molecule has 1 nitrogen and oxygen atoms in total. The number of nitrogens with one attached hydrogen (secondary N) is 1. The molecule has 0 aromatic heterocycles. The van der Waals surface area contributed by atoms with Gasteiger partial charge in [-0.3, -0.25) is 0 Å². The monoisotopic (exact) mass is 207 g/mol. The largest absolute Gasteiger partial charge is 0.382 e. The van der Waals surface area contributed by atoms with Crippen LogP contribution >= 0.6 is 12.6 Å². The van der Waals surface area contributed by atoms with Crippen LogP contribution in [0.2, 0.25) is 0 Å². The van der Waals surface area contributed by atoms with Crippen LogP contribution < -0.4 is 5.32 Å². The van der Waals surface area contributed by atoms with Crippen LogP contribution in [0.1, 0.15) is 25.7 Å². The molecule has 2 atom stereocenters. The maximum absolute atomic E-state index is 4.55. The highest BCUT2D eigenvalue weighted by molar-refractivity contribution is 7.80. The molecule has 0 spiro atoms. The zero-order valence-electron chi connectivity index (χ0n) is 8.32. The summed E-state index contributed by atoms with van der Waals surface area (Å²) >= 11 is 4.55. The lowest BCUT2D eigenvalue weighted by Gasteiger charge is -2.27. The van der Waals surface area contributed by atoms with Crippen molar-refractivity contribution in [2.24, 2.45) is 0 Å². The first kappa shape index (κ1) is 9.91. The lowest BCUT2D eigenvalue weighted by molar-refractivity contribution is 0.475. The second kappa shape index (κ2) is 4.74. The number of hydrogen-bond acceptors (Lipinski definition) is 2. The van der Waals surface area contributed by atoms with Gasteiger partial charge in [0.1, 0.15) is 0 Å². The van der Waals surface area contributed by atoms with E-state index in [1.165, 1.54) is 31.4 Å². The van der Waals surface area contributed by atoms with Crippen molar-refractivity contribution < 1.29 is 0 Å². The SMILES string of the molecule is S[C@H]1CCC[C@@H](Nc2ccccc2)C1. The maximum Gasteiger partial charge on any atom is 0.0342 e. The van der Waals surface area contributed by atoms with E-state index in [9.17, 15) is 0 Å². The Morgan fingerprint density at radius 3 is 2.64 bits per heavy atom. The molecule has 1 aliphatic carbocycles. The van der Waals surface area contributed by atoms with Crippen molar-refractivity contribution in [3.8, 4) is 0 Å². The summed E-state index contributed by atoms with van der Waals surface area (Å²) in [5.74, 6) is 0. The summed E-state index contributed by atoms with van der Waals surface area (Å²) in [6, 6.07) is 11.1. The molecule has 0 saturated heterocycles. The number of para-hydroxylation sites is 1. The van der Waals surface area contributed by atoms with Crippen LogP contribution in [0, 0.1) is 0 Å². The van der Waals surface area contributed by atoms with E-state index in [0.29, 0.717) is 11.3 Å². The van der Waals surface area contributed by atoms with Crippen LogP contribution in [0.4, 0.5) is 5.69 Å². The Hall–Kier alpha value is -0.630. The fourth-order valence-corrected chi connectivity index (χ4v) is 2.50. The van der Waals surface area contributed by atoms with Crippen molar-refractivity contribution in [1.29, 1.82) is 0 Å². The Kier molecular flexibility index (Phi) is 3.35. The Labute approximate surface area is 91.3 Å². The highest BCUT2D eigenvalue weighted by Crippen LogP contribution is 2.25. The second-order valence-electron chi connectivity index (χ2n) is 4.03. The van der Waals surface area contributed by atoms with Crippen LogP contribution in [-0.2, 0) is 0 Å². The predicted octanol–water partition coefficient (Wildman–Crippen LogP) is 3.34. The minimum atomic E-state index is 0.588. The van der Waals surface area contributed by atoms with E-state index in [-0.39, 0.29) is 0 Å². The van der Waals surface area contributed by atoms with E-state index in [4.69, 9.17) is 0 Å². The summed E-state index contributed by atoms with van der Waals surface area (Å²) in [4.78, 5) is 0. The first-order chi connectivity index (χ1) is 6.84. The van der Waals surface area contributed by atoms with E-state index in [0.717, 1.165) is 0 Å². The third-order valence-corrected chi connectivity index (χ3v) is 3.26. The first-order valence-corrected chi connectivity index (χ1v) is 5.86. The number of rotatable bonds is 2. The van der Waals surface area contributed by atoms with Gasteiger partial charge < -0.3 is 5.32 Å². The summed E-state index contributed by atoms with van der Waals surface area (Å²) in [5.41, 5.74) is 1.24. The van der Waals surface area contributed by atoms with Gasteiger partial charge in [0.05, 0.1) is 0 Å². The molecule has 2 rings (SSSR count). The lowest BCUT2D eigenvalue weighted by atomic mass is 9.95. The third kappa shape index (κ3) is 2.68. The van der Waals surface area contributed by atoms with Crippen LogP contribution in [-0.4, -0.2) is 11.3 Å². The molecule has 1 N–H and O–H groups in total. The molecule has 1 aliphatic rings. The van der Waals surface area contributed by atoms with Gasteiger partial charge in [0.25, 0.3) is 0 Å². The molecule has 1 fully saturated rings. The van der Waals surface area contributed by atoms with Crippen LogP contribution in [0.5, 0.6) is 0 Å². The summed E-state index contributed by atoms with van der Waals surface area (Å²) in [6.45, 7) is 0. The molecule has 0 bridgehead atoms. The van der Waals surface area contributed by atoms with Crippen molar-refractivity contribution in [3.05, 3.63) is 30.3 Å². The summed E-state index contributed by atoms with van der Waals surface area (Å²) in [5, 5.41) is 4.15. The summed E-state index contributed by atoms with van der Waals surface area (Å²) < 4.78 is 0. The minimum Gasteiger partial charge on any atom is -0.382 e. The Balaban J connectivity index is 1.91. The van der Waals surface area contributed by atoms with Crippen molar-refractivity contribution in [1.82, 2.24) is 0 Å². The highest BCUT2D eigenvalue weighted by Gasteiger charge is 2.18. The van der Waals surface area contributed by atoms with Gasteiger partial charge in [-0.2, -0.15) is 12.6 Å². The predicted molar refractivity (Wildman–Crippen MR) is 65.1 cm³/mol. The van der Waals surface area contributed by atoms with E-state index in [1.807, 2.05) is 6.07 Å². The molecular weight excluding hydrogens is 190 g/mol. The van der Waals surface area contributed by atoms with Gasteiger partial charge in [-0.25, -0.2) is 0 Å². The van der Waals surface area contributed by atoms with Gasteiger partial charge in [0.15, 0.2) is 0 Å². The molecule has 0 amide bonds. The van der Waals surface area contributed by atoms with Crippen LogP contribution in [0.25, 0.3) is 0 Å². The number of thiol groups is 1. The average molecular weight is 207 g/mol. The highest BCUT2D eigenvalue weighted by atomic mass is 32.1. The fraction of sp³-hybridized carbons (Fsp3) is 0.500. The van der Waals surface area contributed by atoms with Gasteiger partial charge in [-0.15, -0.1) is 0 Å². The normalized spacial score (nSPS) is 27.2. The van der Waals surface area contributed by atoms with E-state index in [2.05, 4.69) is 42.2 Å². The average Bonchev–Trinajstić information content (AvgIpc) is 2.19. The maximum atomic E-state index is 4.55. The van der Waals surface area contributed by atoms with Crippen LogP contribution in [0.15, 0.2) is 30.3 Å². The zero-order chi connectivity index (χ0) is 9.80. The number of anilines is 1. The van der Waals surface area contributed by atoms with E-state index >= 15 is 0 Å². The van der Waals surface area contributed by atoms with Crippen molar-refractivity contribution in [3.63, 3.8) is 0 Å². The summed E-state index contributed by atoms with van der Waals surface area (Å²) in [7, 11) is 0. The topological polar surface area (TPSA) is 12.0 Å². The van der Waals surface area contributed by atoms with Crippen molar-refractivity contribution >= 4 is 18.3 Å². The molecule has 0 aliphatic heterocycles. The summed E-state index contributed by atoms with van der Waals surface area (Å²) in [6.07, 6.45) is 5.05. The molecule has 1 aromatic rings. The van der Waals surface area contributed by atoms with Gasteiger partial charge in [0, 0.05) is 17.0 Å². The number of hydrogen-bond donors (Lipinski definition) is 2. The molecule has 14 heavy (non-hydrogen) atoms. The van der Waals surface area contributed by atoms with Gasteiger partial charge in [-0.1, -0.05) is 24.6 Å². The molecule has 2 heteroatoms. The Bertz CT molecular complexity index is 273. The van der Waals surface area contributed by atoms with Crippen molar-refractivity contribution in [2.45, 2.75) is 37.0 Å². The Morgan fingerprint density at radius 2 is 1.93 bits per heavy atom. The van der Waals surface area contributed by atoms with Gasteiger partial charge in [0.2, 0.25) is 0 Å². The third-order valence-electron chi connectivity index (χ3n) is 2.79. The molecule has 1 aromatic carbocycles.